The molecule has 4 atom stereocenters. The Morgan fingerprint density at radius 2 is 1.58 bits per heavy atom. The van der Waals surface area contributed by atoms with Crippen molar-refractivity contribution < 1.29 is 24.3 Å². The molecule has 192 valence electrons. The number of carbonyl (C=O) groups excluding carboxylic acids is 4. The number of imide groups is 1. The molecular weight excluding hydrogens is 546 g/mol. The van der Waals surface area contributed by atoms with Gasteiger partial charge in [-0.05, 0) is 86.6 Å². The summed E-state index contributed by atoms with van der Waals surface area (Å²) in [6, 6.07) is 10.8. The molecule has 1 saturated heterocycles. The van der Waals surface area contributed by atoms with Crippen LogP contribution in [0.2, 0.25) is 0 Å². The number of phenols is 1. The summed E-state index contributed by atoms with van der Waals surface area (Å²) in [6.07, 6.45) is 4.05. The number of Topliss-reactive ketones (excluding diaryl/α,β-unsaturated/α-hetero) is 1. The lowest BCUT2D eigenvalue weighted by molar-refractivity contribution is -0.123. The van der Waals surface area contributed by atoms with Crippen LogP contribution in [-0.4, -0.2) is 28.5 Å². The zero-order valence-corrected chi connectivity index (χ0v) is 22.8. The quantitative estimate of drug-likeness (QED) is 0.296. The summed E-state index contributed by atoms with van der Waals surface area (Å²) >= 11 is 3.40. The molecule has 3 aliphatic carbocycles. The van der Waals surface area contributed by atoms with Gasteiger partial charge in [0.15, 0.2) is 11.6 Å². The smallest absolute Gasteiger partial charge is 0.238 e. The van der Waals surface area contributed by atoms with E-state index in [0.717, 1.165) is 15.6 Å². The van der Waals surface area contributed by atoms with E-state index in [-0.39, 0.29) is 41.5 Å². The minimum absolute atomic E-state index is 0.181. The first-order chi connectivity index (χ1) is 18.1. The highest BCUT2D eigenvalue weighted by Crippen LogP contribution is 2.55. The zero-order chi connectivity index (χ0) is 27.0. The fourth-order valence-corrected chi connectivity index (χ4v) is 7.03. The summed E-state index contributed by atoms with van der Waals surface area (Å²) in [4.78, 5) is 55.5. The second-order valence-corrected chi connectivity index (χ2v) is 11.6. The minimum Gasteiger partial charge on any atom is -0.507 e. The van der Waals surface area contributed by atoms with Crippen molar-refractivity contribution >= 4 is 45.0 Å². The molecule has 6 nitrogen and oxygen atoms in total. The highest BCUT2D eigenvalue weighted by molar-refractivity contribution is 9.10. The topological polar surface area (TPSA) is 91.8 Å². The van der Waals surface area contributed by atoms with Crippen LogP contribution in [0.4, 0.5) is 5.69 Å². The van der Waals surface area contributed by atoms with E-state index >= 15 is 0 Å². The summed E-state index contributed by atoms with van der Waals surface area (Å²) in [5, 5.41) is 10.4. The van der Waals surface area contributed by atoms with Gasteiger partial charge in [-0.15, -0.1) is 0 Å². The van der Waals surface area contributed by atoms with Gasteiger partial charge in [0.2, 0.25) is 11.8 Å². The van der Waals surface area contributed by atoms with Gasteiger partial charge in [0, 0.05) is 27.1 Å². The van der Waals surface area contributed by atoms with Crippen molar-refractivity contribution in [2.24, 2.45) is 17.8 Å². The first-order valence-electron chi connectivity index (χ1n) is 12.7. The van der Waals surface area contributed by atoms with Crippen molar-refractivity contribution in [1.29, 1.82) is 0 Å². The number of allylic oxidation sites excluding steroid dienone is 6. The van der Waals surface area contributed by atoms with Crippen LogP contribution in [-0.2, 0) is 19.2 Å². The number of benzene rings is 2. The van der Waals surface area contributed by atoms with Gasteiger partial charge < -0.3 is 5.11 Å². The predicted octanol–water partition coefficient (Wildman–Crippen LogP) is 5.41. The maximum Gasteiger partial charge on any atom is 0.238 e. The lowest BCUT2D eigenvalue weighted by Crippen LogP contribution is -2.39. The van der Waals surface area contributed by atoms with Gasteiger partial charge in [-0.1, -0.05) is 39.7 Å². The van der Waals surface area contributed by atoms with Crippen LogP contribution >= 0.6 is 15.9 Å². The highest BCUT2D eigenvalue weighted by atomic mass is 79.9. The van der Waals surface area contributed by atoms with Crippen LogP contribution in [0.3, 0.4) is 0 Å². The molecule has 1 aliphatic heterocycles. The molecule has 0 bridgehead atoms. The van der Waals surface area contributed by atoms with E-state index < -0.39 is 17.8 Å². The zero-order valence-electron chi connectivity index (χ0n) is 21.2. The van der Waals surface area contributed by atoms with Crippen LogP contribution in [0.15, 0.2) is 75.3 Å². The first-order valence-corrected chi connectivity index (χ1v) is 13.5. The number of hydrogen-bond donors (Lipinski definition) is 1. The molecule has 0 unspecified atom stereocenters. The molecular formula is C31H26BrNO5. The molecule has 2 aromatic carbocycles. The van der Waals surface area contributed by atoms with Gasteiger partial charge >= 0.3 is 0 Å². The molecule has 2 amide bonds. The maximum absolute atomic E-state index is 13.9. The number of ketones is 2. The summed E-state index contributed by atoms with van der Waals surface area (Å²) < 4.78 is 0.847. The number of aryl methyl sites for hydroxylation is 2. The Labute approximate surface area is 228 Å². The molecule has 2 aromatic rings. The van der Waals surface area contributed by atoms with Crippen molar-refractivity contribution in [3.05, 3.63) is 92.0 Å². The third kappa shape index (κ3) is 3.52. The van der Waals surface area contributed by atoms with E-state index in [1.807, 2.05) is 18.2 Å². The molecule has 1 N–H and O–H groups in total. The number of phenolic OH excluding ortho intramolecular Hbond substituents is 1. The fraction of sp³-hybridized carbons (Fsp3) is 0.290. The second kappa shape index (κ2) is 8.73. The lowest BCUT2D eigenvalue weighted by atomic mass is 9.59. The number of fused-ring (bicyclic) bond motifs is 3. The van der Waals surface area contributed by atoms with E-state index in [9.17, 15) is 24.3 Å². The third-order valence-corrected chi connectivity index (χ3v) is 9.02. The molecule has 7 heteroatoms. The average molecular weight is 572 g/mol. The van der Waals surface area contributed by atoms with Gasteiger partial charge in [0.05, 0.1) is 17.5 Å². The Kier molecular flexibility index (Phi) is 5.69. The molecule has 1 heterocycles. The van der Waals surface area contributed by atoms with Crippen molar-refractivity contribution in [3.63, 3.8) is 0 Å². The van der Waals surface area contributed by atoms with Crippen molar-refractivity contribution in [2.75, 3.05) is 4.90 Å². The maximum atomic E-state index is 13.9. The van der Waals surface area contributed by atoms with E-state index in [0.29, 0.717) is 40.0 Å². The van der Waals surface area contributed by atoms with Crippen LogP contribution in [0, 0.1) is 31.6 Å². The standard InChI is InChI=1S/C31H26BrNO5/c1-14-10-17(11-15(2)28(14)35)25-20-8-9-21-26(22(20)13-23-27(25)24(34)12-16(3)29(23)36)31(38)33(30(21)37)19-6-4-18(32)5-7-19/h4-8,10-12,21-22,25-26,35H,9,13H2,1-3H3/t21-,22+,25-,26-/m0/s1. The Morgan fingerprint density at radius 1 is 0.921 bits per heavy atom. The Morgan fingerprint density at radius 3 is 2.24 bits per heavy atom. The van der Waals surface area contributed by atoms with Crippen LogP contribution in [0.1, 0.15) is 42.4 Å². The SMILES string of the molecule is CC1=CC(=O)C2=C(C[C@@H]3C(=CC[C@@H]4C(=O)N(c5ccc(Br)cc5)C(=O)[C@@H]43)[C@@H]2c2cc(C)c(O)c(C)c2)C1=O. The molecule has 0 radical (unpaired) electrons. The molecule has 0 spiro atoms. The van der Waals surface area contributed by atoms with Crippen molar-refractivity contribution in [1.82, 2.24) is 0 Å². The number of carbonyl (C=O) groups is 4. The summed E-state index contributed by atoms with van der Waals surface area (Å²) in [5.74, 6) is -2.71. The summed E-state index contributed by atoms with van der Waals surface area (Å²) in [6.45, 7) is 5.25. The number of anilines is 1. The van der Waals surface area contributed by atoms with E-state index in [1.54, 1.807) is 45.0 Å². The molecule has 4 aliphatic rings. The normalized spacial score (nSPS) is 26.7. The van der Waals surface area contributed by atoms with E-state index in [1.165, 1.54) is 11.0 Å². The first kappa shape index (κ1) is 24.7. The average Bonchev–Trinajstić information content (AvgIpc) is 3.14. The third-order valence-electron chi connectivity index (χ3n) is 8.49. The van der Waals surface area contributed by atoms with E-state index in [4.69, 9.17) is 0 Å². The molecule has 0 aromatic heterocycles. The number of nitrogens with zero attached hydrogens (tertiary/aromatic N) is 1. The molecule has 38 heavy (non-hydrogen) atoms. The monoisotopic (exact) mass is 571 g/mol. The Hall–Kier alpha value is -3.58. The summed E-state index contributed by atoms with van der Waals surface area (Å²) in [5.41, 5.74) is 4.86. The van der Waals surface area contributed by atoms with Crippen LogP contribution in [0.25, 0.3) is 0 Å². The number of hydrogen-bond acceptors (Lipinski definition) is 5. The molecule has 0 saturated carbocycles. The van der Waals surface area contributed by atoms with Crippen LogP contribution in [0.5, 0.6) is 5.75 Å². The number of rotatable bonds is 2. The van der Waals surface area contributed by atoms with Gasteiger partial charge in [-0.3, -0.25) is 24.1 Å². The molecule has 1 fully saturated rings. The van der Waals surface area contributed by atoms with Gasteiger partial charge in [-0.25, -0.2) is 0 Å². The fourth-order valence-electron chi connectivity index (χ4n) is 6.76. The second-order valence-electron chi connectivity index (χ2n) is 10.7. The van der Waals surface area contributed by atoms with Crippen LogP contribution < -0.4 is 4.90 Å². The lowest BCUT2D eigenvalue weighted by Gasteiger charge is -2.42. The van der Waals surface area contributed by atoms with Gasteiger partial charge in [0.25, 0.3) is 0 Å². The molecule has 6 rings (SSSR count). The largest absolute Gasteiger partial charge is 0.507 e. The predicted molar refractivity (Wildman–Crippen MR) is 146 cm³/mol. The van der Waals surface area contributed by atoms with Crippen molar-refractivity contribution in [3.8, 4) is 5.75 Å². The minimum atomic E-state index is -0.615. The summed E-state index contributed by atoms with van der Waals surface area (Å²) in [7, 11) is 0. The van der Waals surface area contributed by atoms with E-state index in [2.05, 4.69) is 15.9 Å². The van der Waals surface area contributed by atoms with Crippen molar-refractivity contribution in [2.45, 2.75) is 39.5 Å². The number of amides is 2. The Bertz CT molecular complexity index is 1540. The van der Waals surface area contributed by atoms with Gasteiger partial charge in [0.1, 0.15) is 5.75 Å². The Balaban J connectivity index is 1.50. The number of halogens is 1. The van der Waals surface area contributed by atoms with Gasteiger partial charge in [-0.2, -0.15) is 0 Å². The number of aromatic hydroxyl groups is 1. The highest BCUT2D eigenvalue weighted by Gasteiger charge is 2.56.